The van der Waals surface area contributed by atoms with Crippen molar-refractivity contribution < 1.29 is 14.3 Å². The number of methoxy groups -OCH3 is 2. The zero-order valence-corrected chi connectivity index (χ0v) is 16.1. The Kier molecular flexibility index (Phi) is 6.15. The molecular formula is C17H16ClN5O3S. The molecule has 0 radical (unpaired) electrons. The molecule has 3 rings (SSSR count). The van der Waals surface area contributed by atoms with E-state index in [4.69, 9.17) is 21.1 Å². The molecule has 27 heavy (non-hydrogen) atoms. The Bertz CT molecular complexity index is 950. The van der Waals surface area contributed by atoms with Crippen molar-refractivity contribution in [1.29, 1.82) is 0 Å². The zero-order chi connectivity index (χ0) is 19.2. The molecule has 1 heterocycles. The predicted octanol–water partition coefficient (Wildman–Crippen LogP) is 3.06. The molecule has 10 heteroatoms. The van der Waals surface area contributed by atoms with Crippen molar-refractivity contribution in [2.75, 3.05) is 25.3 Å². The predicted molar refractivity (Wildman–Crippen MR) is 103 cm³/mol. The number of hydrogen-bond donors (Lipinski definition) is 1. The van der Waals surface area contributed by atoms with E-state index in [1.165, 1.54) is 23.6 Å². The maximum atomic E-state index is 12.3. The minimum absolute atomic E-state index is 0.134. The van der Waals surface area contributed by atoms with Gasteiger partial charge in [0.1, 0.15) is 0 Å². The first-order chi connectivity index (χ1) is 13.1. The van der Waals surface area contributed by atoms with Crippen LogP contribution in [0.25, 0.3) is 5.69 Å². The summed E-state index contributed by atoms with van der Waals surface area (Å²) in [7, 11) is 3.09. The van der Waals surface area contributed by atoms with Gasteiger partial charge in [-0.05, 0) is 40.8 Å². The van der Waals surface area contributed by atoms with E-state index >= 15 is 0 Å². The number of carbonyl (C=O) groups excluding carboxylic acids is 1. The second-order valence-electron chi connectivity index (χ2n) is 5.26. The third kappa shape index (κ3) is 4.69. The first-order valence-corrected chi connectivity index (χ1v) is 9.16. The van der Waals surface area contributed by atoms with Crippen LogP contribution < -0.4 is 14.8 Å². The summed E-state index contributed by atoms with van der Waals surface area (Å²) >= 11 is 7.22. The van der Waals surface area contributed by atoms with Crippen LogP contribution in [0.5, 0.6) is 11.5 Å². The Morgan fingerprint density at radius 3 is 2.74 bits per heavy atom. The Balaban J connectivity index is 1.64. The molecule has 140 valence electrons. The maximum Gasteiger partial charge on any atom is 0.234 e. The van der Waals surface area contributed by atoms with Gasteiger partial charge in [-0.1, -0.05) is 29.4 Å². The quantitative estimate of drug-likeness (QED) is 0.604. The molecule has 0 atom stereocenters. The topological polar surface area (TPSA) is 91.2 Å². The normalized spacial score (nSPS) is 10.5. The highest BCUT2D eigenvalue weighted by atomic mass is 35.5. The van der Waals surface area contributed by atoms with Crippen LogP contribution in [0.4, 0.5) is 5.69 Å². The van der Waals surface area contributed by atoms with Crippen molar-refractivity contribution in [3.8, 4) is 17.2 Å². The van der Waals surface area contributed by atoms with Crippen LogP contribution in [0.3, 0.4) is 0 Å². The molecule has 0 aliphatic rings. The number of aromatic nitrogens is 4. The number of carbonyl (C=O) groups is 1. The minimum atomic E-state index is -0.201. The third-order valence-corrected chi connectivity index (χ3v) is 4.65. The molecular weight excluding hydrogens is 390 g/mol. The number of thioether (sulfide) groups is 1. The number of nitrogens with zero attached hydrogens (tertiary/aromatic N) is 4. The molecule has 0 fully saturated rings. The summed E-state index contributed by atoms with van der Waals surface area (Å²) in [5.74, 6) is 1.06. The highest BCUT2D eigenvalue weighted by Gasteiger charge is 2.13. The maximum absolute atomic E-state index is 12.3. The number of benzene rings is 2. The fourth-order valence-electron chi connectivity index (χ4n) is 2.28. The lowest BCUT2D eigenvalue weighted by atomic mass is 10.2. The number of nitrogens with one attached hydrogen (secondary N) is 1. The Morgan fingerprint density at radius 2 is 2.00 bits per heavy atom. The van der Waals surface area contributed by atoms with Gasteiger partial charge in [0.2, 0.25) is 11.1 Å². The average molecular weight is 406 g/mol. The Labute approximate surface area is 164 Å². The van der Waals surface area contributed by atoms with E-state index in [1.807, 2.05) is 6.07 Å². The van der Waals surface area contributed by atoms with Gasteiger partial charge in [0.15, 0.2) is 11.5 Å². The van der Waals surface area contributed by atoms with Crippen molar-refractivity contribution in [1.82, 2.24) is 20.2 Å². The molecule has 0 aliphatic carbocycles. The van der Waals surface area contributed by atoms with Crippen LogP contribution in [0, 0.1) is 0 Å². The van der Waals surface area contributed by atoms with Gasteiger partial charge in [0.05, 0.1) is 25.7 Å². The molecule has 0 bridgehead atoms. The minimum Gasteiger partial charge on any atom is -0.493 e. The second-order valence-corrected chi connectivity index (χ2v) is 6.64. The van der Waals surface area contributed by atoms with Crippen LogP contribution in [-0.2, 0) is 4.79 Å². The highest BCUT2D eigenvalue weighted by Crippen LogP contribution is 2.30. The summed E-state index contributed by atoms with van der Waals surface area (Å²) in [6.45, 7) is 0. The van der Waals surface area contributed by atoms with Crippen LogP contribution >= 0.6 is 23.4 Å². The number of anilines is 1. The standard InChI is InChI=1S/C17H16ClN5O3S/c1-25-14-7-6-12(9-15(14)26-2)19-16(24)10-27-17-20-21-22-23(17)13-5-3-4-11(18)8-13/h3-9H,10H2,1-2H3,(H,19,24). The molecule has 0 unspecified atom stereocenters. The fourth-order valence-corrected chi connectivity index (χ4v) is 3.16. The van der Waals surface area contributed by atoms with Gasteiger partial charge < -0.3 is 14.8 Å². The summed E-state index contributed by atoms with van der Waals surface area (Å²) in [5.41, 5.74) is 1.32. The van der Waals surface area contributed by atoms with Crippen LogP contribution in [0.2, 0.25) is 5.02 Å². The molecule has 1 N–H and O–H groups in total. The van der Waals surface area contributed by atoms with E-state index in [2.05, 4.69) is 20.8 Å². The van der Waals surface area contributed by atoms with E-state index in [0.29, 0.717) is 27.4 Å². The van der Waals surface area contributed by atoms with Crippen LogP contribution in [0.15, 0.2) is 47.6 Å². The van der Waals surface area contributed by atoms with Gasteiger partial charge in [0.25, 0.3) is 0 Å². The highest BCUT2D eigenvalue weighted by molar-refractivity contribution is 7.99. The van der Waals surface area contributed by atoms with Gasteiger partial charge in [-0.25, -0.2) is 0 Å². The third-order valence-electron chi connectivity index (χ3n) is 3.49. The molecule has 3 aromatic rings. The molecule has 0 spiro atoms. The lowest BCUT2D eigenvalue weighted by Gasteiger charge is -2.10. The van der Waals surface area contributed by atoms with Gasteiger partial charge in [-0.15, -0.1) is 5.10 Å². The summed E-state index contributed by atoms with van der Waals surface area (Å²) in [5, 5.41) is 15.4. The average Bonchev–Trinajstić information content (AvgIpc) is 3.15. The fraction of sp³-hybridized carbons (Fsp3) is 0.176. The number of tetrazole rings is 1. The smallest absolute Gasteiger partial charge is 0.234 e. The largest absolute Gasteiger partial charge is 0.493 e. The Morgan fingerprint density at radius 1 is 1.19 bits per heavy atom. The van der Waals surface area contributed by atoms with E-state index < -0.39 is 0 Å². The number of halogens is 1. The summed E-state index contributed by atoms with van der Waals surface area (Å²) in [4.78, 5) is 12.3. The molecule has 1 amide bonds. The van der Waals surface area contributed by atoms with Gasteiger partial charge in [-0.2, -0.15) is 4.68 Å². The zero-order valence-electron chi connectivity index (χ0n) is 14.5. The lowest BCUT2D eigenvalue weighted by Crippen LogP contribution is -2.14. The lowest BCUT2D eigenvalue weighted by molar-refractivity contribution is -0.113. The van der Waals surface area contributed by atoms with E-state index in [-0.39, 0.29) is 11.7 Å². The van der Waals surface area contributed by atoms with Crippen molar-refractivity contribution in [2.24, 2.45) is 0 Å². The van der Waals surface area contributed by atoms with Crippen LogP contribution in [-0.4, -0.2) is 46.1 Å². The summed E-state index contributed by atoms with van der Waals surface area (Å²) in [6.07, 6.45) is 0. The monoisotopic (exact) mass is 405 g/mol. The first-order valence-electron chi connectivity index (χ1n) is 7.79. The number of amides is 1. The van der Waals surface area contributed by atoms with E-state index in [0.717, 1.165) is 5.69 Å². The van der Waals surface area contributed by atoms with Crippen LogP contribution in [0.1, 0.15) is 0 Å². The Hall–Kier alpha value is -2.78. The summed E-state index contributed by atoms with van der Waals surface area (Å²) in [6, 6.07) is 12.3. The second kappa shape index (κ2) is 8.74. The van der Waals surface area contributed by atoms with Gasteiger partial charge in [0, 0.05) is 16.8 Å². The number of hydrogen-bond acceptors (Lipinski definition) is 7. The molecule has 0 aliphatic heterocycles. The number of rotatable bonds is 7. The van der Waals surface area contributed by atoms with Gasteiger partial charge in [-0.3, -0.25) is 4.79 Å². The number of ether oxygens (including phenoxy) is 2. The van der Waals surface area contributed by atoms with Gasteiger partial charge >= 0.3 is 0 Å². The molecule has 0 saturated carbocycles. The molecule has 8 nitrogen and oxygen atoms in total. The van der Waals surface area contributed by atoms with E-state index in [9.17, 15) is 4.79 Å². The van der Waals surface area contributed by atoms with Crippen molar-refractivity contribution in [3.63, 3.8) is 0 Å². The molecule has 1 aromatic heterocycles. The van der Waals surface area contributed by atoms with Crippen molar-refractivity contribution >= 4 is 35.0 Å². The summed E-state index contributed by atoms with van der Waals surface area (Å²) < 4.78 is 11.9. The SMILES string of the molecule is COc1ccc(NC(=O)CSc2nnnn2-c2cccc(Cl)c2)cc1OC. The van der Waals surface area contributed by atoms with E-state index in [1.54, 1.807) is 43.5 Å². The van der Waals surface area contributed by atoms with Crippen molar-refractivity contribution in [3.05, 3.63) is 47.5 Å². The molecule has 0 saturated heterocycles. The first kappa shape index (κ1) is 19.0. The van der Waals surface area contributed by atoms with Crippen molar-refractivity contribution in [2.45, 2.75) is 5.16 Å². The molecule has 2 aromatic carbocycles.